The number of hydrogen-bond acceptors (Lipinski definition) is 3. The third kappa shape index (κ3) is 4.14. The molecule has 5 nitrogen and oxygen atoms in total. The molecule has 0 atom stereocenters. The molecule has 0 spiro atoms. The van der Waals surface area contributed by atoms with Gasteiger partial charge in [-0.25, -0.2) is 4.79 Å². The number of ether oxygens (including phenoxy) is 1. The summed E-state index contributed by atoms with van der Waals surface area (Å²) in [4.78, 5) is 25.7. The van der Waals surface area contributed by atoms with Crippen LogP contribution in [0, 0.1) is 11.3 Å². The van der Waals surface area contributed by atoms with Gasteiger partial charge in [-0.15, -0.1) is 0 Å². The monoisotopic (exact) mass is 310 g/mol. The third-order valence-corrected chi connectivity index (χ3v) is 5.03. The Bertz CT molecular complexity index is 414. The molecule has 0 radical (unpaired) electrons. The quantitative estimate of drug-likeness (QED) is 0.870. The molecule has 22 heavy (non-hydrogen) atoms. The van der Waals surface area contributed by atoms with Gasteiger partial charge in [-0.2, -0.15) is 0 Å². The van der Waals surface area contributed by atoms with Crippen LogP contribution in [-0.4, -0.2) is 35.6 Å². The molecular weight excluding hydrogens is 280 g/mol. The molecule has 0 aromatic carbocycles. The van der Waals surface area contributed by atoms with Crippen molar-refractivity contribution < 1.29 is 14.3 Å². The molecule has 0 bridgehead atoms. The van der Waals surface area contributed by atoms with Gasteiger partial charge in [0.2, 0.25) is 5.91 Å². The fourth-order valence-corrected chi connectivity index (χ4v) is 3.80. The van der Waals surface area contributed by atoms with Gasteiger partial charge in [-0.3, -0.25) is 4.79 Å². The summed E-state index contributed by atoms with van der Waals surface area (Å²) in [5, 5.41) is 0. The summed E-state index contributed by atoms with van der Waals surface area (Å²) in [5.74, 6) is 0.365. The summed E-state index contributed by atoms with van der Waals surface area (Å²) in [6.07, 6.45) is 6.65. The summed E-state index contributed by atoms with van der Waals surface area (Å²) in [7, 11) is 0. The number of hydrogen-bond donors (Lipinski definition) is 1. The maximum atomic E-state index is 12.1. The van der Waals surface area contributed by atoms with E-state index in [1.54, 1.807) is 4.90 Å². The van der Waals surface area contributed by atoms with Gasteiger partial charge in [0.25, 0.3) is 0 Å². The average Bonchev–Trinajstić information content (AvgIpc) is 2.87. The molecule has 2 aliphatic rings. The number of likely N-dealkylation sites (tertiary alicyclic amines) is 1. The molecule has 2 amide bonds. The highest BCUT2D eigenvalue weighted by Crippen LogP contribution is 2.44. The highest BCUT2D eigenvalue weighted by atomic mass is 16.6. The molecule has 5 heteroatoms. The lowest BCUT2D eigenvalue weighted by molar-refractivity contribution is -0.128. The highest BCUT2D eigenvalue weighted by Gasteiger charge is 2.42. The van der Waals surface area contributed by atoms with Crippen LogP contribution in [0.4, 0.5) is 4.79 Å². The van der Waals surface area contributed by atoms with E-state index in [0.717, 1.165) is 44.9 Å². The zero-order chi connectivity index (χ0) is 16.4. The maximum absolute atomic E-state index is 12.1. The molecule has 1 aliphatic carbocycles. The fourth-order valence-electron chi connectivity index (χ4n) is 3.80. The smallest absolute Gasteiger partial charge is 0.410 e. The van der Waals surface area contributed by atoms with Gasteiger partial charge in [0.05, 0.1) is 0 Å². The lowest BCUT2D eigenvalue weighted by Gasteiger charge is -2.36. The minimum absolute atomic E-state index is 0.125. The Morgan fingerprint density at radius 2 is 1.73 bits per heavy atom. The van der Waals surface area contributed by atoms with Crippen LogP contribution in [0.5, 0.6) is 0 Å². The van der Waals surface area contributed by atoms with Gasteiger partial charge in [-0.05, 0) is 58.8 Å². The Hall–Kier alpha value is -1.26. The van der Waals surface area contributed by atoms with Crippen LogP contribution in [0.25, 0.3) is 0 Å². The molecule has 1 heterocycles. The summed E-state index contributed by atoms with van der Waals surface area (Å²) in [6, 6.07) is 0. The fraction of sp³-hybridized carbons (Fsp3) is 0.882. The van der Waals surface area contributed by atoms with E-state index in [4.69, 9.17) is 10.5 Å². The van der Waals surface area contributed by atoms with Crippen molar-refractivity contribution in [2.45, 2.75) is 71.3 Å². The maximum Gasteiger partial charge on any atom is 0.410 e. The van der Waals surface area contributed by atoms with Gasteiger partial charge >= 0.3 is 6.09 Å². The number of carbonyl (C=O) groups is 2. The number of primary amides is 1. The van der Waals surface area contributed by atoms with E-state index in [1.807, 2.05) is 20.8 Å². The van der Waals surface area contributed by atoms with E-state index >= 15 is 0 Å². The Kier molecular flexibility index (Phi) is 5.03. The van der Waals surface area contributed by atoms with Crippen LogP contribution in [0.3, 0.4) is 0 Å². The Labute approximate surface area is 133 Å². The molecule has 0 unspecified atom stereocenters. The first kappa shape index (κ1) is 17.1. The van der Waals surface area contributed by atoms with Gasteiger partial charge in [0, 0.05) is 18.5 Å². The predicted octanol–water partition coefficient (Wildman–Crippen LogP) is 3.07. The lowest BCUT2D eigenvalue weighted by Crippen LogP contribution is -2.43. The first-order chi connectivity index (χ1) is 10.2. The van der Waals surface area contributed by atoms with Crippen LogP contribution in [0.15, 0.2) is 0 Å². The van der Waals surface area contributed by atoms with Crippen molar-refractivity contribution in [1.29, 1.82) is 0 Å². The highest BCUT2D eigenvalue weighted by molar-refractivity contribution is 5.81. The first-order valence-electron chi connectivity index (χ1n) is 8.50. The van der Waals surface area contributed by atoms with E-state index in [0.29, 0.717) is 19.0 Å². The van der Waals surface area contributed by atoms with Crippen molar-refractivity contribution in [1.82, 2.24) is 4.90 Å². The Balaban J connectivity index is 1.84. The van der Waals surface area contributed by atoms with E-state index < -0.39 is 5.60 Å². The number of amides is 2. The molecule has 1 saturated carbocycles. The molecule has 0 aromatic rings. The van der Waals surface area contributed by atoms with Crippen LogP contribution in [0.2, 0.25) is 0 Å². The standard InChI is InChI=1S/C17H30N2O3/c1-16(2,3)22-15(21)19-10-6-13(7-11-19)12-17(14(18)20)8-4-5-9-17/h13H,4-12H2,1-3H3,(H2,18,20). The zero-order valence-corrected chi connectivity index (χ0v) is 14.2. The van der Waals surface area contributed by atoms with Gasteiger partial charge in [0.1, 0.15) is 5.60 Å². The van der Waals surface area contributed by atoms with E-state index in [9.17, 15) is 9.59 Å². The van der Waals surface area contributed by atoms with Gasteiger partial charge in [-0.1, -0.05) is 12.8 Å². The number of rotatable bonds is 3. The summed E-state index contributed by atoms with van der Waals surface area (Å²) >= 11 is 0. The van der Waals surface area contributed by atoms with Crippen molar-refractivity contribution in [2.24, 2.45) is 17.1 Å². The zero-order valence-electron chi connectivity index (χ0n) is 14.2. The second-order valence-electron chi connectivity index (χ2n) is 7.97. The number of nitrogens with zero attached hydrogens (tertiary/aromatic N) is 1. The second kappa shape index (κ2) is 6.47. The molecular formula is C17H30N2O3. The predicted molar refractivity (Wildman–Crippen MR) is 85.2 cm³/mol. The molecule has 0 aromatic heterocycles. The molecule has 1 aliphatic heterocycles. The van der Waals surface area contributed by atoms with E-state index in [-0.39, 0.29) is 17.4 Å². The SMILES string of the molecule is CC(C)(C)OC(=O)N1CCC(CC2(C(N)=O)CCCC2)CC1. The lowest BCUT2D eigenvalue weighted by atomic mass is 9.74. The number of carbonyl (C=O) groups excluding carboxylic acids is 2. The van der Waals surface area contributed by atoms with Crippen LogP contribution >= 0.6 is 0 Å². The van der Waals surface area contributed by atoms with Gasteiger partial charge < -0.3 is 15.4 Å². The third-order valence-electron chi connectivity index (χ3n) is 5.03. The largest absolute Gasteiger partial charge is 0.444 e. The molecule has 1 saturated heterocycles. The van der Waals surface area contributed by atoms with Crippen molar-refractivity contribution in [3.63, 3.8) is 0 Å². The molecule has 126 valence electrons. The summed E-state index contributed by atoms with van der Waals surface area (Å²) in [5.41, 5.74) is 4.94. The van der Waals surface area contributed by atoms with Crippen molar-refractivity contribution in [3.8, 4) is 0 Å². The molecule has 2 rings (SSSR count). The summed E-state index contributed by atoms with van der Waals surface area (Å²) in [6.45, 7) is 7.08. The van der Waals surface area contributed by atoms with Crippen LogP contribution in [0.1, 0.15) is 65.7 Å². The molecule has 2 N–H and O–H groups in total. The molecule has 2 fully saturated rings. The minimum atomic E-state index is -0.451. The number of piperidine rings is 1. The topological polar surface area (TPSA) is 72.6 Å². The Morgan fingerprint density at radius 3 is 2.18 bits per heavy atom. The minimum Gasteiger partial charge on any atom is -0.444 e. The second-order valence-corrected chi connectivity index (χ2v) is 7.97. The van der Waals surface area contributed by atoms with Crippen LogP contribution < -0.4 is 5.73 Å². The van der Waals surface area contributed by atoms with Crippen molar-refractivity contribution in [2.75, 3.05) is 13.1 Å². The van der Waals surface area contributed by atoms with Crippen molar-refractivity contribution >= 4 is 12.0 Å². The first-order valence-corrected chi connectivity index (χ1v) is 8.50. The average molecular weight is 310 g/mol. The number of nitrogens with two attached hydrogens (primary N) is 1. The van der Waals surface area contributed by atoms with Crippen LogP contribution in [-0.2, 0) is 9.53 Å². The van der Waals surface area contributed by atoms with Crippen molar-refractivity contribution in [3.05, 3.63) is 0 Å². The summed E-state index contributed by atoms with van der Waals surface area (Å²) < 4.78 is 5.42. The van der Waals surface area contributed by atoms with E-state index in [1.165, 1.54) is 0 Å². The normalized spacial score (nSPS) is 22.6. The van der Waals surface area contributed by atoms with E-state index in [2.05, 4.69) is 0 Å². The van der Waals surface area contributed by atoms with Gasteiger partial charge in [0.15, 0.2) is 0 Å². The Morgan fingerprint density at radius 1 is 1.18 bits per heavy atom.